The normalized spacial score (nSPS) is 10.9. The lowest BCUT2D eigenvalue weighted by molar-refractivity contribution is 0.101. The molecule has 6 nitrogen and oxygen atoms in total. The molecule has 24 heavy (non-hydrogen) atoms. The average Bonchev–Trinajstić information content (AvgIpc) is 3.18. The highest BCUT2D eigenvalue weighted by Crippen LogP contribution is 2.19. The number of aromatic amines is 1. The second kappa shape index (κ2) is 5.66. The van der Waals surface area contributed by atoms with Crippen LogP contribution in [0.2, 0.25) is 0 Å². The molecule has 0 saturated carbocycles. The lowest BCUT2D eigenvalue weighted by Gasteiger charge is -2.01. The number of aryl methyl sites for hydroxylation is 1. The highest BCUT2D eigenvalue weighted by molar-refractivity contribution is 6.03. The van der Waals surface area contributed by atoms with E-state index >= 15 is 0 Å². The molecule has 0 saturated heterocycles. The van der Waals surface area contributed by atoms with Gasteiger partial charge in [-0.1, -0.05) is 42.5 Å². The van der Waals surface area contributed by atoms with Gasteiger partial charge in [0.05, 0.1) is 16.7 Å². The lowest BCUT2D eigenvalue weighted by atomic mass is 10.1. The summed E-state index contributed by atoms with van der Waals surface area (Å²) in [6.45, 7) is 0. The van der Waals surface area contributed by atoms with Gasteiger partial charge in [-0.05, 0) is 18.2 Å². The number of para-hydroxylation sites is 2. The summed E-state index contributed by atoms with van der Waals surface area (Å²) in [5, 5.41) is 7.20. The van der Waals surface area contributed by atoms with Crippen LogP contribution in [0.1, 0.15) is 10.5 Å². The van der Waals surface area contributed by atoms with Crippen LogP contribution in [0.4, 0.5) is 5.95 Å². The first kappa shape index (κ1) is 14.2. The summed E-state index contributed by atoms with van der Waals surface area (Å²) in [6.07, 6.45) is 0. The molecule has 0 unspecified atom stereocenters. The predicted molar refractivity (Wildman–Crippen MR) is 92.7 cm³/mol. The number of hydrogen-bond acceptors (Lipinski definition) is 3. The molecule has 0 aliphatic rings. The van der Waals surface area contributed by atoms with Crippen LogP contribution < -0.4 is 5.32 Å². The number of fused-ring (bicyclic) bond motifs is 1. The van der Waals surface area contributed by atoms with Crippen LogP contribution in [0, 0.1) is 0 Å². The van der Waals surface area contributed by atoms with Crippen LogP contribution in [-0.2, 0) is 7.05 Å². The fourth-order valence-corrected chi connectivity index (χ4v) is 2.61. The van der Waals surface area contributed by atoms with Crippen LogP contribution in [-0.4, -0.2) is 25.7 Å². The van der Waals surface area contributed by atoms with Crippen molar-refractivity contribution in [1.29, 1.82) is 0 Å². The van der Waals surface area contributed by atoms with Crippen LogP contribution in [0.25, 0.3) is 22.3 Å². The van der Waals surface area contributed by atoms with Crippen molar-refractivity contribution < 1.29 is 4.79 Å². The van der Waals surface area contributed by atoms with E-state index in [4.69, 9.17) is 0 Å². The van der Waals surface area contributed by atoms with Crippen molar-refractivity contribution in [3.8, 4) is 11.3 Å². The zero-order chi connectivity index (χ0) is 16.5. The predicted octanol–water partition coefficient (Wildman–Crippen LogP) is 3.22. The number of nitrogens with one attached hydrogen (secondary N) is 2. The minimum absolute atomic E-state index is 0.258. The molecule has 0 spiro atoms. The molecule has 6 heteroatoms. The lowest BCUT2D eigenvalue weighted by Crippen LogP contribution is -2.16. The molecule has 0 fully saturated rings. The molecule has 0 atom stereocenters. The van der Waals surface area contributed by atoms with Crippen LogP contribution >= 0.6 is 0 Å². The fourth-order valence-electron chi connectivity index (χ4n) is 2.61. The maximum atomic E-state index is 12.5. The Balaban J connectivity index is 1.61. The fraction of sp³-hybridized carbons (Fsp3) is 0.0556. The molecule has 0 aliphatic heterocycles. The van der Waals surface area contributed by atoms with Gasteiger partial charge in [-0.3, -0.25) is 14.8 Å². The summed E-state index contributed by atoms with van der Waals surface area (Å²) >= 11 is 0. The maximum Gasteiger partial charge on any atom is 0.276 e. The van der Waals surface area contributed by atoms with Crippen molar-refractivity contribution in [2.75, 3.05) is 5.32 Å². The van der Waals surface area contributed by atoms with E-state index in [0.29, 0.717) is 11.6 Å². The van der Waals surface area contributed by atoms with Gasteiger partial charge in [-0.15, -0.1) is 0 Å². The molecule has 2 N–H and O–H groups in total. The minimum Gasteiger partial charge on any atom is -0.324 e. The van der Waals surface area contributed by atoms with E-state index in [0.717, 1.165) is 22.3 Å². The Morgan fingerprint density at radius 3 is 2.62 bits per heavy atom. The Morgan fingerprint density at radius 1 is 1.08 bits per heavy atom. The van der Waals surface area contributed by atoms with Crippen LogP contribution in [0.3, 0.4) is 0 Å². The number of amides is 1. The highest BCUT2D eigenvalue weighted by atomic mass is 16.2. The third-order valence-corrected chi connectivity index (χ3v) is 3.80. The van der Waals surface area contributed by atoms with E-state index in [-0.39, 0.29) is 5.91 Å². The SMILES string of the molecule is Cn1nc(-c2ccccc2)cc1C(=O)Nc1nc2ccccc2[nH]1. The second-order valence-electron chi connectivity index (χ2n) is 5.46. The van der Waals surface area contributed by atoms with Gasteiger partial charge in [0.25, 0.3) is 5.91 Å². The standard InChI is InChI=1S/C18H15N5O/c1-23-16(11-15(22-23)12-7-3-2-4-8-12)17(24)21-18-19-13-9-5-6-10-14(13)20-18/h2-11H,1H3,(H2,19,20,21,24). The number of aromatic nitrogens is 4. The van der Waals surface area contributed by atoms with E-state index in [1.165, 1.54) is 0 Å². The molecule has 4 rings (SSSR count). The minimum atomic E-state index is -0.258. The van der Waals surface area contributed by atoms with E-state index in [9.17, 15) is 4.79 Å². The molecule has 0 bridgehead atoms. The number of carbonyl (C=O) groups excluding carboxylic acids is 1. The summed E-state index contributed by atoms with van der Waals surface area (Å²) < 4.78 is 1.57. The average molecular weight is 317 g/mol. The zero-order valence-electron chi connectivity index (χ0n) is 13.0. The van der Waals surface area contributed by atoms with Gasteiger partial charge in [0.1, 0.15) is 5.69 Å². The smallest absolute Gasteiger partial charge is 0.276 e. The summed E-state index contributed by atoms with van der Waals surface area (Å²) in [6, 6.07) is 19.1. The molecule has 118 valence electrons. The summed E-state index contributed by atoms with van der Waals surface area (Å²) in [7, 11) is 1.75. The Bertz CT molecular complexity index is 983. The number of anilines is 1. The number of hydrogen-bond donors (Lipinski definition) is 2. The Labute approximate surface area is 138 Å². The summed E-state index contributed by atoms with van der Waals surface area (Å²) in [5.74, 6) is 0.162. The van der Waals surface area contributed by atoms with Crippen molar-refractivity contribution >= 4 is 22.9 Å². The molecule has 0 radical (unpaired) electrons. The molecule has 2 heterocycles. The van der Waals surface area contributed by atoms with Crippen molar-refractivity contribution in [2.45, 2.75) is 0 Å². The third-order valence-electron chi connectivity index (χ3n) is 3.80. The van der Waals surface area contributed by atoms with Crippen LogP contribution in [0.15, 0.2) is 60.7 Å². The summed E-state index contributed by atoms with van der Waals surface area (Å²) in [5.41, 5.74) is 3.88. The van der Waals surface area contributed by atoms with Gasteiger partial charge in [0, 0.05) is 12.6 Å². The molecule has 0 aliphatic carbocycles. The van der Waals surface area contributed by atoms with Gasteiger partial charge < -0.3 is 4.98 Å². The van der Waals surface area contributed by atoms with Crippen molar-refractivity contribution in [3.05, 3.63) is 66.4 Å². The van der Waals surface area contributed by atoms with Crippen LogP contribution in [0.5, 0.6) is 0 Å². The molecular weight excluding hydrogens is 302 g/mol. The van der Waals surface area contributed by atoms with Crippen molar-refractivity contribution in [1.82, 2.24) is 19.7 Å². The highest BCUT2D eigenvalue weighted by Gasteiger charge is 2.15. The monoisotopic (exact) mass is 317 g/mol. The first-order valence-corrected chi connectivity index (χ1v) is 7.56. The number of carbonyl (C=O) groups is 1. The first-order chi connectivity index (χ1) is 11.7. The first-order valence-electron chi connectivity index (χ1n) is 7.56. The third kappa shape index (κ3) is 2.54. The molecule has 1 amide bonds. The quantitative estimate of drug-likeness (QED) is 0.609. The molecule has 2 aromatic heterocycles. The van der Waals surface area contributed by atoms with E-state index in [1.54, 1.807) is 17.8 Å². The number of H-pyrrole nitrogens is 1. The number of imidazole rings is 1. The second-order valence-corrected chi connectivity index (χ2v) is 5.46. The number of nitrogens with zero attached hydrogens (tertiary/aromatic N) is 3. The van der Waals surface area contributed by atoms with Gasteiger partial charge in [0.2, 0.25) is 5.95 Å². The zero-order valence-corrected chi connectivity index (χ0v) is 13.0. The van der Waals surface area contributed by atoms with Gasteiger partial charge in [-0.2, -0.15) is 5.10 Å². The Morgan fingerprint density at radius 2 is 1.83 bits per heavy atom. The Kier molecular flexibility index (Phi) is 3.35. The van der Waals surface area contributed by atoms with Gasteiger partial charge in [-0.25, -0.2) is 4.98 Å². The van der Waals surface area contributed by atoms with E-state index < -0.39 is 0 Å². The molecule has 4 aromatic rings. The van der Waals surface area contributed by atoms with Gasteiger partial charge >= 0.3 is 0 Å². The molecular formula is C18H15N5O. The number of rotatable bonds is 3. The number of benzene rings is 2. The largest absolute Gasteiger partial charge is 0.324 e. The summed E-state index contributed by atoms with van der Waals surface area (Å²) in [4.78, 5) is 20.0. The van der Waals surface area contributed by atoms with E-state index in [1.807, 2.05) is 54.6 Å². The van der Waals surface area contributed by atoms with Gasteiger partial charge in [0.15, 0.2) is 0 Å². The topological polar surface area (TPSA) is 75.6 Å². The Hall–Kier alpha value is -3.41. The van der Waals surface area contributed by atoms with Crippen molar-refractivity contribution in [3.63, 3.8) is 0 Å². The molecule has 2 aromatic carbocycles. The maximum absolute atomic E-state index is 12.5. The van der Waals surface area contributed by atoms with E-state index in [2.05, 4.69) is 20.4 Å². The van der Waals surface area contributed by atoms with Crippen molar-refractivity contribution in [2.24, 2.45) is 7.05 Å².